The molecule has 0 radical (unpaired) electrons. The van der Waals surface area contributed by atoms with Gasteiger partial charge >= 0.3 is 144 Å². The van der Waals surface area contributed by atoms with Gasteiger partial charge in [-0.1, -0.05) is 33.1 Å². The number of carbonyl (C=O) groups is 3. The van der Waals surface area contributed by atoms with Crippen LogP contribution in [0.15, 0.2) is 54.6 Å². The topological polar surface area (TPSA) is 232 Å². The molecule has 7 N–H and O–H groups in total. The number of aliphatic carboxylic acids is 1. The minimum atomic E-state index is -0.940. The summed E-state index contributed by atoms with van der Waals surface area (Å²) in [6.07, 6.45) is -1.33. The summed E-state index contributed by atoms with van der Waals surface area (Å²) in [6, 6.07) is 16.7. The van der Waals surface area contributed by atoms with E-state index in [0.29, 0.717) is 36.9 Å². The molecular formula is C32H46K2N3NaO11. The first-order valence-corrected chi connectivity index (χ1v) is 13.2. The van der Waals surface area contributed by atoms with E-state index in [-0.39, 0.29) is 172 Å². The summed E-state index contributed by atoms with van der Waals surface area (Å²) in [5, 5.41) is 32.3. The number of ether oxygens (including phenoxy) is 3. The van der Waals surface area contributed by atoms with E-state index >= 15 is 0 Å². The standard InChI is InChI=1S/C12H15NO3.C10H11NO3.C7H9NO.CH2O3.2CH4.2K.Na.H2O.H/c1-3-15-12(14)11-7-13-9-5-4-8(2)6-10(9)16-11;1-6-2-3-7-8(4-6)14-9(5-11-7)10(12)13;1-5-2-3-6(8)7(9)4-5;2-1-4-3;;;;;;;/h4-6,11,13H,3,7H2,1-2H3;2-4,9,11H,5H2,1H3,(H,12,13);2-4,9H,8H2,1H3;1,3H;2*1H4;;;;1H2;/q;;;;;;3*+1;;-1/p-2. The van der Waals surface area contributed by atoms with Crippen molar-refractivity contribution in [2.75, 3.05) is 36.1 Å². The third kappa shape index (κ3) is 20.6. The third-order valence-corrected chi connectivity index (χ3v) is 5.82. The van der Waals surface area contributed by atoms with Gasteiger partial charge in [0.1, 0.15) is 17.2 Å². The molecular weight excluding hydrogens is 704 g/mol. The van der Waals surface area contributed by atoms with Crippen molar-refractivity contribution in [3.63, 3.8) is 0 Å². The van der Waals surface area contributed by atoms with Crippen LogP contribution in [0, 0.1) is 20.8 Å². The van der Waals surface area contributed by atoms with Gasteiger partial charge in [-0.15, -0.1) is 0 Å². The zero-order valence-electron chi connectivity index (χ0n) is 28.7. The van der Waals surface area contributed by atoms with Crippen LogP contribution in [0.3, 0.4) is 0 Å². The zero-order chi connectivity index (χ0) is 31.9. The number of carboxylic acid groups (broad SMARTS) is 1. The number of nitrogens with one attached hydrogen (secondary N) is 2. The molecule has 2 aliphatic heterocycles. The summed E-state index contributed by atoms with van der Waals surface area (Å²) in [4.78, 5) is 33.4. The molecule has 0 fully saturated rings. The zero-order valence-corrected chi connectivity index (χ0v) is 36.0. The molecule has 0 amide bonds. The molecule has 2 unspecified atom stereocenters. The van der Waals surface area contributed by atoms with Crippen molar-refractivity contribution in [3.05, 3.63) is 71.3 Å². The quantitative estimate of drug-likeness (QED) is 0.0320. The molecule has 258 valence electrons. The second kappa shape index (κ2) is 30.7. The number of phenols is 1. The number of nitrogen functional groups attached to an aromatic ring is 1. The van der Waals surface area contributed by atoms with Crippen LogP contribution in [-0.4, -0.2) is 66.0 Å². The molecule has 5 rings (SSSR count). The van der Waals surface area contributed by atoms with Gasteiger partial charge in [0.25, 0.3) is 6.47 Å². The van der Waals surface area contributed by atoms with Crippen LogP contribution in [0.2, 0.25) is 0 Å². The van der Waals surface area contributed by atoms with Gasteiger partial charge in [0.05, 0.1) is 36.8 Å². The number of esters is 1. The fourth-order valence-corrected chi connectivity index (χ4v) is 3.70. The Morgan fingerprint density at radius 1 is 0.918 bits per heavy atom. The van der Waals surface area contributed by atoms with Gasteiger partial charge in [0.15, 0.2) is 0 Å². The van der Waals surface area contributed by atoms with Crippen LogP contribution in [0.1, 0.15) is 39.9 Å². The molecule has 0 spiro atoms. The minimum Gasteiger partial charge on any atom is -1.00 e. The molecule has 0 aromatic heterocycles. The number of carboxylic acids is 1. The number of anilines is 3. The van der Waals surface area contributed by atoms with Crippen molar-refractivity contribution in [1.29, 1.82) is 0 Å². The summed E-state index contributed by atoms with van der Waals surface area (Å²) in [5.41, 5.74) is 10.7. The maximum Gasteiger partial charge on any atom is 1.00 e. The van der Waals surface area contributed by atoms with Gasteiger partial charge in [-0.2, -0.15) is 0 Å². The molecule has 17 heteroatoms. The maximum absolute atomic E-state index is 11.5. The number of benzene rings is 3. The van der Waals surface area contributed by atoms with E-state index in [4.69, 9.17) is 40.2 Å². The summed E-state index contributed by atoms with van der Waals surface area (Å²) >= 11 is 0. The van der Waals surface area contributed by atoms with Crippen LogP contribution in [0.4, 0.5) is 17.1 Å². The van der Waals surface area contributed by atoms with Crippen LogP contribution in [0.5, 0.6) is 17.2 Å². The molecule has 0 saturated carbocycles. The summed E-state index contributed by atoms with van der Waals surface area (Å²) in [5.74, 6) is 0.231. The minimum absolute atomic E-state index is 0. The number of fused-ring (bicyclic) bond motifs is 2. The SMILES string of the molecule is C.C.CCOC(=O)C1CNc2ccc(C)cc2O1.Cc1ccc(N)c(O)c1.Cc1ccc2c(c1)OC(C(=O)O)CN2.O=CO[O-].[H-].[K+].[K+].[Na+].[OH-]. The van der Waals surface area contributed by atoms with Gasteiger partial charge in [-0.05, 0) is 80.8 Å². The molecule has 0 aliphatic carbocycles. The van der Waals surface area contributed by atoms with Crippen molar-refractivity contribution in [2.24, 2.45) is 0 Å². The Morgan fingerprint density at radius 3 is 1.71 bits per heavy atom. The average molecular weight is 750 g/mol. The first kappa shape index (κ1) is 57.4. The van der Waals surface area contributed by atoms with Crippen molar-refractivity contribution in [2.45, 2.75) is 54.8 Å². The van der Waals surface area contributed by atoms with E-state index in [9.17, 15) is 9.59 Å². The number of aromatic hydroxyl groups is 1. The summed E-state index contributed by atoms with van der Waals surface area (Å²) in [7, 11) is 0. The normalized spacial score (nSPS) is 13.5. The smallest absolute Gasteiger partial charge is 1.00 e. The van der Waals surface area contributed by atoms with Gasteiger partial charge in [-0.3, -0.25) is 4.79 Å². The largest absolute Gasteiger partial charge is 1.00 e. The van der Waals surface area contributed by atoms with Crippen molar-refractivity contribution >= 4 is 35.5 Å². The van der Waals surface area contributed by atoms with E-state index in [1.807, 2.05) is 63.2 Å². The molecule has 14 nitrogen and oxygen atoms in total. The molecule has 2 aliphatic rings. The average Bonchev–Trinajstić information content (AvgIpc) is 2.99. The molecule has 2 atom stereocenters. The van der Waals surface area contributed by atoms with Crippen LogP contribution in [-0.2, 0) is 24.0 Å². The van der Waals surface area contributed by atoms with E-state index in [1.165, 1.54) is 0 Å². The predicted molar refractivity (Wildman–Crippen MR) is 173 cm³/mol. The van der Waals surface area contributed by atoms with Gasteiger partial charge < -0.3 is 57.8 Å². The number of nitrogens with two attached hydrogens (primary N) is 1. The molecule has 2 heterocycles. The van der Waals surface area contributed by atoms with E-state index < -0.39 is 18.2 Å². The van der Waals surface area contributed by atoms with Crippen LogP contribution >= 0.6 is 0 Å². The number of hydrogen-bond donors (Lipinski definition) is 5. The van der Waals surface area contributed by atoms with E-state index in [0.717, 1.165) is 28.1 Å². The van der Waals surface area contributed by atoms with Gasteiger partial charge in [-0.25, -0.2) is 9.59 Å². The van der Waals surface area contributed by atoms with Crippen molar-refractivity contribution in [3.8, 4) is 17.2 Å². The maximum atomic E-state index is 11.5. The van der Waals surface area contributed by atoms with E-state index in [1.54, 1.807) is 19.1 Å². The van der Waals surface area contributed by atoms with Crippen molar-refractivity contribution in [1.82, 2.24) is 0 Å². The summed E-state index contributed by atoms with van der Waals surface area (Å²) in [6.45, 7) is 8.57. The Balaban J connectivity index is -0.000000132. The Morgan fingerprint density at radius 2 is 1.33 bits per heavy atom. The molecule has 3 aromatic carbocycles. The number of phenolic OH excluding ortho intramolecular Hbond substituents is 1. The number of rotatable bonds is 4. The van der Waals surface area contributed by atoms with E-state index in [2.05, 4.69) is 15.5 Å². The number of aryl methyl sites for hydroxylation is 3. The molecule has 0 saturated heterocycles. The summed E-state index contributed by atoms with van der Waals surface area (Å²) < 4.78 is 15.8. The predicted octanol–water partition coefficient (Wildman–Crippen LogP) is -5.08. The Labute approximate surface area is 397 Å². The molecule has 0 bridgehead atoms. The Kier molecular flexibility index (Phi) is 35.9. The molecule has 3 aromatic rings. The Bertz CT molecular complexity index is 1410. The van der Waals surface area contributed by atoms with Gasteiger partial charge in [0.2, 0.25) is 12.2 Å². The number of hydrogen-bond acceptors (Lipinski definition) is 13. The fraction of sp³-hybridized carbons (Fsp3) is 0.344. The first-order chi connectivity index (χ1) is 20.5. The van der Waals surface area contributed by atoms with Crippen LogP contribution in [0.25, 0.3) is 0 Å². The second-order valence-corrected chi connectivity index (χ2v) is 9.32. The Hall–Kier alpha value is -0.937. The first-order valence-electron chi connectivity index (χ1n) is 13.2. The monoisotopic (exact) mass is 749 g/mol. The van der Waals surface area contributed by atoms with Gasteiger partial charge in [0, 0.05) is 0 Å². The van der Waals surface area contributed by atoms with Crippen molar-refractivity contribution < 1.29 is 188 Å². The van der Waals surface area contributed by atoms with Crippen LogP contribution < -0.4 is 163 Å². The fourth-order valence-electron chi connectivity index (χ4n) is 3.70. The number of carbonyl (C=O) groups excluding carboxylic acids is 2. The second-order valence-electron chi connectivity index (χ2n) is 9.32. The molecule has 49 heavy (non-hydrogen) atoms. The third-order valence-electron chi connectivity index (χ3n) is 5.82.